The van der Waals surface area contributed by atoms with Gasteiger partial charge in [0.15, 0.2) is 0 Å². The minimum absolute atomic E-state index is 0.166. The van der Waals surface area contributed by atoms with Crippen LogP contribution < -0.4 is 10.6 Å². The molecule has 1 aliphatic heterocycles. The molecule has 2 rings (SSSR count). The van der Waals surface area contributed by atoms with Crippen LogP contribution >= 0.6 is 0 Å². The molecule has 1 fully saturated rings. The van der Waals surface area contributed by atoms with Crippen molar-refractivity contribution >= 4 is 23.9 Å². The van der Waals surface area contributed by atoms with Gasteiger partial charge in [0.25, 0.3) is 0 Å². The van der Waals surface area contributed by atoms with Gasteiger partial charge in [-0.05, 0) is 50.5 Å². The molecule has 0 radical (unpaired) electrons. The van der Waals surface area contributed by atoms with Gasteiger partial charge in [-0.15, -0.1) is 0 Å². The monoisotopic (exact) mass is 526 g/mol. The van der Waals surface area contributed by atoms with Gasteiger partial charge in [-0.25, -0.2) is 14.4 Å². The molecule has 2 amide bonds. The molecule has 1 aromatic carbocycles. The predicted molar refractivity (Wildman–Crippen MR) is 125 cm³/mol. The van der Waals surface area contributed by atoms with Gasteiger partial charge < -0.3 is 25.2 Å². The van der Waals surface area contributed by atoms with Gasteiger partial charge in [0, 0.05) is 13.1 Å². The van der Waals surface area contributed by atoms with Crippen molar-refractivity contribution in [1.29, 1.82) is 0 Å². The molecule has 3 unspecified atom stereocenters. The molecule has 0 spiro atoms. The molecule has 206 valence electrons. The van der Waals surface area contributed by atoms with Crippen molar-refractivity contribution < 1.29 is 49.4 Å². The van der Waals surface area contributed by atoms with E-state index in [1.165, 1.54) is 4.90 Å². The highest BCUT2D eigenvalue weighted by molar-refractivity contribution is 5.88. The highest BCUT2D eigenvalue weighted by Gasteiger charge is 2.38. The van der Waals surface area contributed by atoms with Crippen LogP contribution in [0.15, 0.2) is 30.3 Å². The third-order valence-corrected chi connectivity index (χ3v) is 5.93. The molecule has 14 heteroatoms. The molecular formula is C23H34N4O10. The van der Waals surface area contributed by atoms with E-state index in [4.69, 9.17) is 10.4 Å². The lowest BCUT2D eigenvalue weighted by atomic mass is 10.0. The van der Waals surface area contributed by atoms with Crippen molar-refractivity contribution in [2.24, 2.45) is 0 Å². The van der Waals surface area contributed by atoms with E-state index in [0.717, 1.165) is 5.56 Å². The maximum absolute atomic E-state index is 13.3. The second kappa shape index (κ2) is 15.7. The number of nitrogens with one attached hydrogen (secondary N) is 2. The summed E-state index contributed by atoms with van der Waals surface area (Å²) < 4.78 is 4.53. The summed E-state index contributed by atoms with van der Waals surface area (Å²) in [4.78, 5) is 53.8. The first-order valence-electron chi connectivity index (χ1n) is 12.0. The summed E-state index contributed by atoms with van der Waals surface area (Å²) in [6, 6.07) is 6.46. The Bertz CT molecular complexity index is 886. The predicted octanol–water partition coefficient (Wildman–Crippen LogP) is 0.972. The Morgan fingerprint density at radius 3 is 2.43 bits per heavy atom. The number of aliphatic carboxylic acids is 2. The number of amides is 2. The number of carboxylic acid groups (broad SMARTS) is 2. The second-order valence-electron chi connectivity index (χ2n) is 8.52. The maximum Gasteiger partial charge on any atom is 0.409 e. The smallest absolute Gasteiger partial charge is 0.409 e. The summed E-state index contributed by atoms with van der Waals surface area (Å²) in [7, 11) is 0. The SMILES string of the molecule is O=C(NCCCCC(NC(CCc1ccccc1)C(=O)O)C(=O)N1CCCC1C(=O)O)OCON(O)O. The second-order valence-corrected chi connectivity index (χ2v) is 8.52. The average Bonchev–Trinajstić information content (AvgIpc) is 3.35. The van der Waals surface area contributed by atoms with E-state index in [1.807, 2.05) is 30.3 Å². The third-order valence-electron chi connectivity index (χ3n) is 5.93. The molecule has 0 bridgehead atoms. The molecule has 0 saturated carbocycles. The number of carbonyl (C=O) groups is 4. The first kappa shape index (κ1) is 29.9. The van der Waals surface area contributed by atoms with Crippen LogP contribution in [0.4, 0.5) is 4.79 Å². The Morgan fingerprint density at radius 1 is 1.05 bits per heavy atom. The average molecular weight is 527 g/mol. The van der Waals surface area contributed by atoms with Gasteiger partial charge in [-0.2, -0.15) is 0 Å². The van der Waals surface area contributed by atoms with Crippen LogP contribution in [-0.4, -0.2) is 92.9 Å². The van der Waals surface area contributed by atoms with Gasteiger partial charge in [0.2, 0.25) is 12.7 Å². The summed E-state index contributed by atoms with van der Waals surface area (Å²) in [5, 5.41) is 40.8. The van der Waals surface area contributed by atoms with E-state index < -0.39 is 54.2 Å². The molecule has 1 saturated heterocycles. The number of rotatable bonds is 16. The summed E-state index contributed by atoms with van der Waals surface area (Å²) in [6.45, 7) is -0.274. The zero-order valence-electron chi connectivity index (χ0n) is 20.3. The highest BCUT2D eigenvalue weighted by Crippen LogP contribution is 2.20. The van der Waals surface area contributed by atoms with Crippen molar-refractivity contribution in [3.63, 3.8) is 0 Å². The molecule has 1 aromatic rings. The number of nitrogens with zero attached hydrogens (tertiary/aromatic N) is 2. The quantitative estimate of drug-likeness (QED) is 0.101. The lowest BCUT2D eigenvalue weighted by Crippen LogP contribution is -2.54. The number of aryl methyl sites for hydroxylation is 1. The van der Waals surface area contributed by atoms with E-state index in [9.17, 15) is 29.4 Å². The lowest BCUT2D eigenvalue weighted by Gasteiger charge is -2.29. The minimum atomic E-state index is -1.11. The molecule has 37 heavy (non-hydrogen) atoms. The largest absolute Gasteiger partial charge is 0.480 e. The molecule has 1 heterocycles. The first-order chi connectivity index (χ1) is 17.7. The van der Waals surface area contributed by atoms with Crippen molar-refractivity contribution in [3.05, 3.63) is 35.9 Å². The van der Waals surface area contributed by atoms with Gasteiger partial charge >= 0.3 is 18.0 Å². The van der Waals surface area contributed by atoms with Crippen molar-refractivity contribution in [2.75, 3.05) is 19.9 Å². The van der Waals surface area contributed by atoms with Gasteiger partial charge in [-0.1, -0.05) is 30.3 Å². The van der Waals surface area contributed by atoms with E-state index in [1.54, 1.807) is 0 Å². The normalized spacial score (nSPS) is 16.8. The molecule has 14 nitrogen and oxygen atoms in total. The van der Waals surface area contributed by atoms with Crippen LogP contribution in [0.3, 0.4) is 0 Å². The van der Waals surface area contributed by atoms with Gasteiger partial charge in [-0.3, -0.25) is 25.3 Å². The first-order valence-corrected chi connectivity index (χ1v) is 12.0. The Morgan fingerprint density at radius 2 is 1.78 bits per heavy atom. The molecule has 6 N–H and O–H groups in total. The maximum atomic E-state index is 13.3. The van der Waals surface area contributed by atoms with E-state index in [0.29, 0.717) is 32.1 Å². The highest BCUT2D eigenvalue weighted by atomic mass is 17.1. The number of carboxylic acids is 2. The Balaban J connectivity index is 1.96. The minimum Gasteiger partial charge on any atom is -0.480 e. The van der Waals surface area contributed by atoms with Crippen LogP contribution in [0.5, 0.6) is 0 Å². The Kier molecular flexibility index (Phi) is 12.7. The Hall–Kier alpha value is -3.30. The number of likely N-dealkylation sites (tertiary alicyclic amines) is 1. The summed E-state index contributed by atoms with van der Waals surface area (Å²) in [6.07, 6.45) is 1.79. The number of unbranched alkanes of at least 4 members (excludes halogenated alkanes) is 1. The lowest BCUT2D eigenvalue weighted by molar-refractivity contribution is -0.503. The van der Waals surface area contributed by atoms with Gasteiger partial charge in [0.1, 0.15) is 12.1 Å². The number of ether oxygens (including phenoxy) is 1. The molecular weight excluding hydrogens is 492 g/mol. The fourth-order valence-corrected chi connectivity index (χ4v) is 4.08. The summed E-state index contributed by atoms with van der Waals surface area (Å²) >= 11 is 0. The summed E-state index contributed by atoms with van der Waals surface area (Å²) in [5.74, 6) is -2.67. The van der Waals surface area contributed by atoms with Crippen LogP contribution in [0.25, 0.3) is 0 Å². The third kappa shape index (κ3) is 10.7. The number of hydrogen-bond acceptors (Lipinski definition) is 10. The Labute approximate surface area is 213 Å². The van der Waals surface area contributed by atoms with Crippen LogP contribution in [-0.2, 0) is 30.4 Å². The standard InChI is InChI=1S/C23H34N4O10/c28-20(26-14-6-10-19(26)22(31)32)17(9-4-5-13-24-23(33)36-15-37-27(34)35)25-18(21(29)30)12-11-16-7-2-1-3-8-16/h1-3,7-8,17-19,25,34-35H,4-6,9-15H2,(H,24,33)(H,29,30)(H,31,32). The zero-order chi connectivity index (χ0) is 27.2. The number of carbonyl (C=O) groups excluding carboxylic acids is 2. The molecule has 0 aromatic heterocycles. The summed E-state index contributed by atoms with van der Waals surface area (Å²) in [5.41, 5.74) is 0.956. The van der Waals surface area contributed by atoms with E-state index in [-0.39, 0.29) is 25.9 Å². The topological polar surface area (TPSA) is 198 Å². The van der Waals surface area contributed by atoms with Crippen LogP contribution in [0.1, 0.15) is 44.1 Å². The van der Waals surface area contributed by atoms with Crippen molar-refractivity contribution in [3.8, 4) is 0 Å². The van der Waals surface area contributed by atoms with Crippen LogP contribution in [0, 0.1) is 0 Å². The fraction of sp³-hybridized carbons (Fsp3) is 0.565. The van der Waals surface area contributed by atoms with Gasteiger partial charge in [0.05, 0.1) is 11.4 Å². The number of benzene rings is 1. The van der Waals surface area contributed by atoms with Crippen molar-refractivity contribution in [1.82, 2.24) is 20.9 Å². The molecule has 1 aliphatic rings. The fourth-order valence-electron chi connectivity index (χ4n) is 4.08. The molecule has 0 aliphatic carbocycles. The van der Waals surface area contributed by atoms with Crippen LogP contribution in [0.2, 0.25) is 0 Å². The number of alkyl carbamates (subject to hydrolysis) is 1. The molecule has 3 atom stereocenters. The van der Waals surface area contributed by atoms with Crippen molar-refractivity contribution in [2.45, 2.75) is 63.1 Å². The zero-order valence-corrected chi connectivity index (χ0v) is 20.3. The van der Waals surface area contributed by atoms with E-state index >= 15 is 0 Å². The number of hydrogen-bond donors (Lipinski definition) is 6. The van der Waals surface area contributed by atoms with E-state index in [2.05, 4.69) is 20.2 Å².